The lowest BCUT2D eigenvalue weighted by Gasteiger charge is -2.50. The summed E-state index contributed by atoms with van der Waals surface area (Å²) < 4.78 is 22.6. The van der Waals surface area contributed by atoms with Gasteiger partial charge in [-0.1, -0.05) is 20.8 Å². The molecule has 2 N–H and O–H groups in total. The lowest BCUT2D eigenvalue weighted by Crippen LogP contribution is -2.69. The van der Waals surface area contributed by atoms with E-state index >= 15 is 0 Å². The van der Waals surface area contributed by atoms with Crippen LogP contribution in [0.15, 0.2) is 0 Å². The van der Waals surface area contributed by atoms with Crippen molar-refractivity contribution in [1.29, 1.82) is 0 Å². The largest absolute Gasteiger partial charge is 0.323 e. The Balaban J connectivity index is 2.20. The van der Waals surface area contributed by atoms with Crippen molar-refractivity contribution in [3.63, 3.8) is 0 Å². The first-order valence-electron chi connectivity index (χ1n) is 6.01. The molecular weight excluding hydrogens is 224 g/mol. The molecular formula is C11H24N2O2S. The van der Waals surface area contributed by atoms with E-state index in [4.69, 9.17) is 5.73 Å². The van der Waals surface area contributed by atoms with Gasteiger partial charge in [-0.2, -0.15) is 0 Å². The van der Waals surface area contributed by atoms with Gasteiger partial charge < -0.3 is 5.73 Å². The third kappa shape index (κ3) is 3.43. The van der Waals surface area contributed by atoms with Gasteiger partial charge in [0, 0.05) is 24.4 Å². The van der Waals surface area contributed by atoms with Gasteiger partial charge in [0.2, 0.25) is 0 Å². The first-order chi connectivity index (χ1) is 7.29. The normalized spacial score (nSPS) is 21.1. The van der Waals surface area contributed by atoms with E-state index < -0.39 is 9.84 Å². The van der Waals surface area contributed by atoms with Crippen LogP contribution in [0.5, 0.6) is 0 Å². The van der Waals surface area contributed by atoms with Crippen LogP contribution in [-0.4, -0.2) is 50.0 Å². The zero-order valence-corrected chi connectivity index (χ0v) is 11.4. The fraction of sp³-hybridized carbons (Fsp3) is 1.00. The van der Waals surface area contributed by atoms with Gasteiger partial charge >= 0.3 is 0 Å². The average Bonchev–Trinajstić information content (AvgIpc) is 2.14. The smallest absolute Gasteiger partial charge is 0.150 e. The monoisotopic (exact) mass is 248 g/mol. The lowest BCUT2D eigenvalue weighted by molar-refractivity contribution is 0.0383. The summed E-state index contributed by atoms with van der Waals surface area (Å²) in [6.45, 7) is 8.62. The van der Waals surface area contributed by atoms with Crippen LogP contribution in [0.4, 0.5) is 0 Å². The fourth-order valence-electron chi connectivity index (χ4n) is 1.96. The highest BCUT2D eigenvalue weighted by molar-refractivity contribution is 7.91. The summed E-state index contributed by atoms with van der Waals surface area (Å²) in [6.07, 6.45) is 0.727. The van der Waals surface area contributed by atoms with Gasteiger partial charge in [-0.3, -0.25) is 4.90 Å². The molecule has 96 valence electrons. The van der Waals surface area contributed by atoms with E-state index in [1.165, 1.54) is 0 Å². The molecule has 1 aliphatic rings. The average molecular weight is 248 g/mol. The first kappa shape index (κ1) is 13.9. The highest BCUT2D eigenvalue weighted by Crippen LogP contribution is 2.25. The molecule has 1 heterocycles. The minimum Gasteiger partial charge on any atom is -0.323 e. The number of rotatable bonds is 6. The van der Waals surface area contributed by atoms with Crippen LogP contribution in [0.3, 0.4) is 0 Å². The molecule has 0 saturated carbocycles. The summed E-state index contributed by atoms with van der Waals surface area (Å²) in [5.41, 5.74) is 6.11. The molecule has 0 aromatic rings. The fourth-order valence-corrected chi connectivity index (χ4v) is 2.82. The highest BCUT2D eigenvalue weighted by atomic mass is 32.2. The van der Waals surface area contributed by atoms with E-state index in [0.717, 1.165) is 26.1 Å². The Morgan fingerprint density at radius 2 is 1.94 bits per heavy atom. The summed E-state index contributed by atoms with van der Waals surface area (Å²) in [5, 5.41) is 0. The van der Waals surface area contributed by atoms with Gasteiger partial charge in [0.15, 0.2) is 0 Å². The molecule has 5 heteroatoms. The predicted molar refractivity (Wildman–Crippen MR) is 67.1 cm³/mol. The molecule has 1 fully saturated rings. The van der Waals surface area contributed by atoms with Crippen molar-refractivity contribution >= 4 is 9.84 Å². The zero-order chi connectivity index (χ0) is 12.4. The summed E-state index contributed by atoms with van der Waals surface area (Å²) in [7, 11) is -2.80. The summed E-state index contributed by atoms with van der Waals surface area (Å²) >= 11 is 0. The number of nitrogens with two attached hydrogens (primary N) is 1. The molecule has 1 aliphatic heterocycles. The molecule has 1 rings (SSSR count). The molecule has 0 bridgehead atoms. The van der Waals surface area contributed by atoms with E-state index in [2.05, 4.69) is 18.7 Å². The summed E-state index contributed by atoms with van der Waals surface area (Å²) in [5.74, 6) is 1.04. The standard InChI is InChI=1S/C11H24N2O2S/c1-4-16(14,15)7-5-6-13-8-11(12,9-13)10(2)3/h10H,4-9,12H2,1-3H3. The third-order valence-corrected chi connectivity index (χ3v) is 5.35. The summed E-state index contributed by atoms with van der Waals surface area (Å²) in [4.78, 5) is 2.24. The Morgan fingerprint density at radius 3 is 2.38 bits per heavy atom. The van der Waals surface area contributed by atoms with Gasteiger partial charge in [0.25, 0.3) is 0 Å². The van der Waals surface area contributed by atoms with Crippen molar-refractivity contribution in [3.05, 3.63) is 0 Å². The van der Waals surface area contributed by atoms with Gasteiger partial charge in [0.1, 0.15) is 9.84 Å². The molecule has 0 amide bonds. The molecule has 16 heavy (non-hydrogen) atoms. The van der Waals surface area contributed by atoms with Crippen molar-refractivity contribution in [2.45, 2.75) is 32.7 Å². The minimum absolute atomic E-state index is 0.0520. The minimum atomic E-state index is -2.80. The van der Waals surface area contributed by atoms with Crippen LogP contribution in [0.25, 0.3) is 0 Å². The number of likely N-dealkylation sites (tertiary alicyclic amines) is 1. The molecule has 0 radical (unpaired) electrons. The Labute approximate surface area is 99.1 Å². The zero-order valence-electron chi connectivity index (χ0n) is 10.6. The number of hydrogen-bond acceptors (Lipinski definition) is 4. The van der Waals surface area contributed by atoms with Crippen LogP contribution in [0.2, 0.25) is 0 Å². The molecule has 0 spiro atoms. The van der Waals surface area contributed by atoms with Crippen LogP contribution in [0, 0.1) is 5.92 Å². The predicted octanol–water partition coefficient (Wildman–Crippen LogP) is 0.480. The van der Waals surface area contributed by atoms with E-state index in [9.17, 15) is 8.42 Å². The molecule has 4 nitrogen and oxygen atoms in total. The summed E-state index contributed by atoms with van der Waals surface area (Å²) in [6, 6.07) is 0. The molecule has 0 aliphatic carbocycles. The van der Waals surface area contributed by atoms with Crippen molar-refractivity contribution in [2.75, 3.05) is 31.1 Å². The van der Waals surface area contributed by atoms with Gasteiger partial charge in [-0.05, 0) is 18.9 Å². The molecule has 0 aromatic heterocycles. The number of sulfone groups is 1. The van der Waals surface area contributed by atoms with Gasteiger partial charge in [-0.25, -0.2) is 8.42 Å². The maximum atomic E-state index is 11.3. The van der Waals surface area contributed by atoms with Crippen molar-refractivity contribution in [2.24, 2.45) is 11.7 Å². The quantitative estimate of drug-likeness (QED) is 0.742. The lowest BCUT2D eigenvalue weighted by atomic mass is 9.80. The Bertz CT molecular complexity index is 319. The molecule has 0 aromatic carbocycles. The second kappa shape index (κ2) is 5.02. The van der Waals surface area contributed by atoms with Crippen LogP contribution < -0.4 is 5.73 Å². The van der Waals surface area contributed by atoms with Gasteiger partial charge in [-0.15, -0.1) is 0 Å². The number of hydrogen-bond donors (Lipinski definition) is 1. The Morgan fingerprint density at radius 1 is 1.38 bits per heavy atom. The van der Waals surface area contributed by atoms with Crippen LogP contribution in [0.1, 0.15) is 27.2 Å². The van der Waals surface area contributed by atoms with E-state index in [1.807, 2.05) is 0 Å². The van der Waals surface area contributed by atoms with Crippen LogP contribution in [-0.2, 0) is 9.84 Å². The molecule has 0 atom stereocenters. The SMILES string of the molecule is CCS(=O)(=O)CCCN1CC(N)(C(C)C)C1. The maximum Gasteiger partial charge on any atom is 0.150 e. The third-order valence-electron chi connectivity index (χ3n) is 3.56. The second-order valence-electron chi connectivity index (χ2n) is 5.19. The van der Waals surface area contributed by atoms with E-state index in [0.29, 0.717) is 11.7 Å². The second-order valence-corrected chi connectivity index (χ2v) is 7.66. The van der Waals surface area contributed by atoms with Gasteiger partial charge in [0.05, 0.1) is 5.75 Å². The Hall–Kier alpha value is -0.130. The van der Waals surface area contributed by atoms with E-state index in [1.54, 1.807) is 6.92 Å². The number of nitrogens with zero attached hydrogens (tertiary/aromatic N) is 1. The highest BCUT2D eigenvalue weighted by Gasteiger charge is 2.41. The van der Waals surface area contributed by atoms with Crippen molar-refractivity contribution in [3.8, 4) is 0 Å². The van der Waals surface area contributed by atoms with E-state index in [-0.39, 0.29) is 11.3 Å². The molecule has 0 unspecified atom stereocenters. The Kier molecular flexibility index (Phi) is 4.37. The topological polar surface area (TPSA) is 63.4 Å². The molecule has 1 saturated heterocycles. The first-order valence-corrected chi connectivity index (χ1v) is 7.83. The van der Waals surface area contributed by atoms with Crippen molar-refractivity contribution < 1.29 is 8.42 Å². The maximum absolute atomic E-state index is 11.3. The van der Waals surface area contributed by atoms with Crippen molar-refractivity contribution in [1.82, 2.24) is 4.90 Å². The van der Waals surface area contributed by atoms with Crippen LogP contribution >= 0.6 is 0 Å².